The minimum atomic E-state index is -0.434. The highest BCUT2D eigenvalue weighted by atomic mass is 32.2. The smallest absolute Gasteiger partial charge is 0.242 e. The van der Waals surface area contributed by atoms with Gasteiger partial charge in [0, 0.05) is 26.2 Å². The van der Waals surface area contributed by atoms with Crippen molar-refractivity contribution >= 4 is 34.4 Å². The Balaban J connectivity index is 1.95. The monoisotopic (exact) mass is 293 g/mol. The topological polar surface area (TPSA) is 82.0 Å². The zero-order valence-electron chi connectivity index (χ0n) is 11.2. The minimum absolute atomic E-state index is 0.0910. The number of rotatable bonds is 3. The maximum Gasteiger partial charge on any atom is 0.242 e. The minimum Gasteiger partial charge on any atom is -0.508 e. The van der Waals surface area contributed by atoms with E-state index in [2.05, 4.69) is 10.3 Å². The Labute approximate surface area is 120 Å². The van der Waals surface area contributed by atoms with Gasteiger partial charge in [0.25, 0.3) is 0 Å². The molecule has 0 saturated carbocycles. The van der Waals surface area contributed by atoms with Crippen molar-refractivity contribution in [2.75, 3.05) is 19.4 Å². The van der Waals surface area contributed by atoms with E-state index in [-0.39, 0.29) is 24.0 Å². The highest BCUT2D eigenvalue weighted by Crippen LogP contribution is 2.28. The number of nitrogens with zero attached hydrogens (tertiary/aromatic N) is 2. The number of anilines is 1. The Bertz CT molecular complexity index is 556. The first-order chi connectivity index (χ1) is 9.51. The first kappa shape index (κ1) is 14.4. The van der Waals surface area contributed by atoms with E-state index in [1.165, 1.54) is 28.8 Å². The van der Waals surface area contributed by atoms with Gasteiger partial charge in [0.1, 0.15) is 11.0 Å². The molecule has 0 bridgehead atoms. The third-order valence-corrected chi connectivity index (χ3v) is 4.17. The Kier molecular flexibility index (Phi) is 4.29. The normalized spacial score (nSPS) is 20.5. The number of phenolic OH excluding ortho intramolecular Hbond substituents is 1. The molecule has 1 atom stereocenters. The van der Waals surface area contributed by atoms with Crippen molar-refractivity contribution in [3.8, 4) is 5.75 Å². The molecule has 0 aromatic heterocycles. The second-order valence-electron chi connectivity index (χ2n) is 4.31. The van der Waals surface area contributed by atoms with Gasteiger partial charge in [0.2, 0.25) is 11.8 Å². The maximum atomic E-state index is 11.9. The summed E-state index contributed by atoms with van der Waals surface area (Å²) in [6, 6.07) is 6.17. The summed E-state index contributed by atoms with van der Waals surface area (Å²) >= 11 is 1.29. The predicted molar refractivity (Wildman–Crippen MR) is 78.9 cm³/mol. The van der Waals surface area contributed by atoms with Crippen LogP contribution in [0.3, 0.4) is 0 Å². The van der Waals surface area contributed by atoms with Gasteiger partial charge in [-0.25, -0.2) is 0 Å². The Morgan fingerprint density at radius 3 is 2.65 bits per heavy atom. The Hall–Kier alpha value is -2.02. The summed E-state index contributed by atoms with van der Waals surface area (Å²) < 4.78 is 0. The number of hydrogen-bond acceptors (Lipinski definition) is 5. The van der Waals surface area contributed by atoms with Crippen LogP contribution >= 0.6 is 11.8 Å². The molecular formula is C13H15N3O3S. The van der Waals surface area contributed by atoms with Crippen molar-refractivity contribution in [2.45, 2.75) is 11.7 Å². The first-order valence-electron chi connectivity index (χ1n) is 6.01. The number of benzene rings is 1. The van der Waals surface area contributed by atoms with Crippen LogP contribution in [-0.2, 0) is 9.59 Å². The molecular weight excluding hydrogens is 278 g/mol. The van der Waals surface area contributed by atoms with Gasteiger partial charge < -0.3 is 10.4 Å². The van der Waals surface area contributed by atoms with Crippen LogP contribution in [0.4, 0.5) is 5.69 Å². The third-order valence-electron chi connectivity index (χ3n) is 2.85. The van der Waals surface area contributed by atoms with E-state index in [1.54, 1.807) is 26.2 Å². The second-order valence-corrected chi connectivity index (χ2v) is 5.48. The Morgan fingerprint density at radius 1 is 1.45 bits per heavy atom. The largest absolute Gasteiger partial charge is 0.508 e. The number of nitrogens with one attached hydrogen (secondary N) is 1. The molecule has 2 N–H and O–H groups in total. The molecule has 1 aromatic rings. The molecule has 1 saturated heterocycles. The summed E-state index contributed by atoms with van der Waals surface area (Å²) in [7, 11) is 3.26. The van der Waals surface area contributed by atoms with Crippen LogP contribution in [0.25, 0.3) is 0 Å². The molecule has 1 heterocycles. The number of amidine groups is 1. The number of aliphatic imine (C=N–C) groups is 1. The second kappa shape index (κ2) is 5.96. The zero-order valence-corrected chi connectivity index (χ0v) is 12.0. The number of hydrogen-bond donors (Lipinski definition) is 2. The van der Waals surface area contributed by atoms with E-state index in [0.29, 0.717) is 10.9 Å². The molecule has 7 heteroatoms. The van der Waals surface area contributed by atoms with Crippen molar-refractivity contribution in [1.82, 2.24) is 4.90 Å². The van der Waals surface area contributed by atoms with Crippen molar-refractivity contribution < 1.29 is 14.7 Å². The van der Waals surface area contributed by atoms with Crippen molar-refractivity contribution in [3.63, 3.8) is 0 Å². The molecule has 106 valence electrons. The molecule has 6 nitrogen and oxygen atoms in total. The Morgan fingerprint density at radius 2 is 2.10 bits per heavy atom. The number of carbonyl (C=O) groups excluding carboxylic acids is 2. The summed E-state index contributed by atoms with van der Waals surface area (Å²) in [5.41, 5.74) is 0.584. The van der Waals surface area contributed by atoms with Crippen molar-refractivity contribution in [2.24, 2.45) is 4.99 Å². The van der Waals surface area contributed by atoms with Crippen LogP contribution < -0.4 is 5.32 Å². The molecule has 1 aliphatic rings. The number of phenols is 1. The summed E-state index contributed by atoms with van der Waals surface area (Å²) in [5.74, 6) is -0.223. The van der Waals surface area contributed by atoms with Gasteiger partial charge >= 0.3 is 0 Å². The van der Waals surface area contributed by atoms with E-state index in [1.807, 2.05) is 0 Å². The van der Waals surface area contributed by atoms with Crippen LogP contribution in [0, 0.1) is 0 Å². The fraction of sp³-hybridized carbons (Fsp3) is 0.308. The molecule has 0 unspecified atom stereocenters. The number of aromatic hydroxyl groups is 1. The average Bonchev–Trinajstić information content (AvgIpc) is 2.69. The lowest BCUT2D eigenvalue weighted by Crippen LogP contribution is -2.30. The molecule has 1 fully saturated rings. The summed E-state index contributed by atoms with van der Waals surface area (Å²) in [4.78, 5) is 29.3. The van der Waals surface area contributed by atoms with Gasteiger partial charge in [-0.1, -0.05) is 11.8 Å². The van der Waals surface area contributed by atoms with Crippen LogP contribution in [0.2, 0.25) is 0 Å². The van der Waals surface area contributed by atoms with E-state index < -0.39 is 5.25 Å². The van der Waals surface area contributed by atoms with Crippen LogP contribution in [0.1, 0.15) is 6.42 Å². The standard InChI is InChI=1S/C13H15N3O3S/c1-14-13-16(2)12(19)10(20-13)7-11(18)15-8-3-5-9(17)6-4-8/h3-6,10,17H,7H2,1-2H3,(H,15,18)/t10-/m0/s1. The molecule has 2 amide bonds. The molecule has 20 heavy (non-hydrogen) atoms. The number of amides is 2. The quantitative estimate of drug-likeness (QED) is 0.823. The number of carbonyl (C=O) groups is 2. The van der Waals surface area contributed by atoms with Gasteiger partial charge in [0.05, 0.1) is 0 Å². The fourth-order valence-electron chi connectivity index (χ4n) is 1.82. The lowest BCUT2D eigenvalue weighted by Gasteiger charge is -2.09. The van der Waals surface area contributed by atoms with E-state index in [9.17, 15) is 9.59 Å². The highest BCUT2D eigenvalue weighted by Gasteiger charge is 2.36. The molecule has 0 radical (unpaired) electrons. The molecule has 0 aliphatic carbocycles. The first-order valence-corrected chi connectivity index (χ1v) is 6.89. The van der Waals surface area contributed by atoms with Crippen LogP contribution in [-0.4, -0.2) is 46.3 Å². The van der Waals surface area contributed by atoms with Gasteiger partial charge in [-0.3, -0.25) is 19.5 Å². The predicted octanol–water partition coefficient (Wildman–Crippen LogP) is 1.28. The van der Waals surface area contributed by atoms with Gasteiger partial charge in [-0.2, -0.15) is 0 Å². The lowest BCUT2D eigenvalue weighted by molar-refractivity contribution is -0.127. The highest BCUT2D eigenvalue weighted by molar-refractivity contribution is 8.15. The molecule has 2 rings (SSSR count). The molecule has 1 aliphatic heterocycles. The summed E-state index contributed by atoms with van der Waals surface area (Å²) in [5, 5.41) is 12.0. The van der Waals surface area contributed by atoms with Gasteiger partial charge in [0.15, 0.2) is 5.17 Å². The van der Waals surface area contributed by atoms with Crippen LogP contribution in [0.15, 0.2) is 29.3 Å². The third kappa shape index (κ3) is 3.11. The zero-order chi connectivity index (χ0) is 14.7. The maximum absolute atomic E-state index is 11.9. The van der Waals surface area contributed by atoms with Crippen molar-refractivity contribution in [3.05, 3.63) is 24.3 Å². The summed E-state index contributed by atoms with van der Waals surface area (Å²) in [6.07, 6.45) is 0.0910. The molecule has 1 aromatic carbocycles. The van der Waals surface area contributed by atoms with E-state index in [0.717, 1.165) is 0 Å². The van der Waals surface area contributed by atoms with Crippen LogP contribution in [0.5, 0.6) is 5.75 Å². The fourth-order valence-corrected chi connectivity index (χ4v) is 2.93. The summed E-state index contributed by atoms with van der Waals surface area (Å²) in [6.45, 7) is 0. The van der Waals surface area contributed by atoms with Crippen molar-refractivity contribution in [1.29, 1.82) is 0 Å². The molecule has 0 spiro atoms. The SMILES string of the molecule is CN=C1S[C@@H](CC(=O)Nc2ccc(O)cc2)C(=O)N1C. The average molecular weight is 293 g/mol. The van der Waals surface area contributed by atoms with E-state index >= 15 is 0 Å². The number of thioether (sulfide) groups is 1. The lowest BCUT2D eigenvalue weighted by atomic mass is 10.2. The van der Waals surface area contributed by atoms with E-state index in [4.69, 9.17) is 5.11 Å². The van der Waals surface area contributed by atoms with Gasteiger partial charge in [-0.05, 0) is 24.3 Å². The van der Waals surface area contributed by atoms with Gasteiger partial charge in [-0.15, -0.1) is 0 Å².